The van der Waals surface area contributed by atoms with E-state index in [0.29, 0.717) is 6.04 Å². The first-order valence-corrected chi connectivity index (χ1v) is 6.84. The number of rotatable bonds is 6. The van der Waals surface area contributed by atoms with E-state index < -0.39 is 0 Å². The van der Waals surface area contributed by atoms with Crippen molar-refractivity contribution in [2.45, 2.75) is 45.2 Å². The first-order valence-electron chi connectivity index (χ1n) is 6.84. The summed E-state index contributed by atoms with van der Waals surface area (Å²) in [4.78, 5) is 2.34. The molecule has 1 aromatic carbocycles. The second kappa shape index (κ2) is 6.35. The fraction of sp³-hybridized carbons (Fsp3) is 0.625. The molecule has 1 rings (SSSR count). The maximum Gasteiger partial charge on any atom is 0.0328 e. The van der Waals surface area contributed by atoms with Crippen LogP contribution in [0.1, 0.15) is 31.4 Å². The maximum atomic E-state index is 3.50. The molecule has 0 fully saturated rings. The summed E-state index contributed by atoms with van der Waals surface area (Å²) in [5.74, 6) is 0. The summed E-state index contributed by atoms with van der Waals surface area (Å²) in [7, 11) is 6.41. The molecule has 0 aliphatic carbocycles. The van der Waals surface area contributed by atoms with Crippen LogP contribution in [0.2, 0.25) is 0 Å². The molecule has 0 radical (unpaired) electrons. The van der Waals surface area contributed by atoms with E-state index in [1.54, 1.807) is 0 Å². The average molecular weight is 248 g/mol. The molecule has 2 atom stereocenters. The summed E-state index contributed by atoms with van der Waals surface area (Å²) in [6, 6.07) is 9.28. The van der Waals surface area contributed by atoms with Crippen molar-refractivity contribution >= 4 is 0 Å². The highest BCUT2D eigenvalue weighted by Gasteiger charge is 2.33. The van der Waals surface area contributed by atoms with Crippen molar-refractivity contribution in [2.24, 2.45) is 0 Å². The van der Waals surface area contributed by atoms with Crippen molar-refractivity contribution in [2.75, 3.05) is 21.1 Å². The number of nitrogens with zero attached hydrogens (tertiary/aromatic N) is 1. The molecule has 0 aliphatic heterocycles. The van der Waals surface area contributed by atoms with Crippen LogP contribution in [-0.4, -0.2) is 37.6 Å². The highest BCUT2D eigenvalue weighted by molar-refractivity contribution is 5.23. The molecule has 1 N–H and O–H groups in total. The molecule has 102 valence electrons. The summed E-state index contributed by atoms with van der Waals surface area (Å²) in [5.41, 5.74) is 2.93. The Morgan fingerprint density at radius 1 is 1.33 bits per heavy atom. The van der Waals surface area contributed by atoms with E-state index >= 15 is 0 Å². The largest absolute Gasteiger partial charge is 0.315 e. The van der Waals surface area contributed by atoms with Crippen LogP contribution in [0, 0.1) is 6.92 Å². The maximum absolute atomic E-state index is 3.50. The van der Waals surface area contributed by atoms with E-state index in [2.05, 4.69) is 76.4 Å². The van der Waals surface area contributed by atoms with Crippen LogP contribution in [0.5, 0.6) is 0 Å². The van der Waals surface area contributed by atoms with Gasteiger partial charge in [-0.25, -0.2) is 0 Å². The molecule has 0 aromatic heterocycles. The monoisotopic (exact) mass is 248 g/mol. The number of nitrogens with one attached hydrogen (secondary N) is 1. The van der Waals surface area contributed by atoms with Crippen LogP contribution >= 0.6 is 0 Å². The van der Waals surface area contributed by atoms with Crippen molar-refractivity contribution in [3.63, 3.8) is 0 Å². The molecule has 2 nitrogen and oxygen atoms in total. The summed E-state index contributed by atoms with van der Waals surface area (Å²) in [6.07, 6.45) is 2.21. The summed E-state index contributed by atoms with van der Waals surface area (Å²) in [6.45, 7) is 6.76. The fourth-order valence-corrected chi connectivity index (χ4v) is 2.58. The van der Waals surface area contributed by atoms with Crippen LogP contribution in [-0.2, 0) is 6.42 Å². The molecule has 2 unspecified atom stereocenters. The molecule has 0 spiro atoms. The molecular weight excluding hydrogens is 220 g/mol. The van der Waals surface area contributed by atoms with Crippen molar-refractivity contribution < 1.29 is 0 Å². The number of hydrogen-bond donors (Lipinski definition) is 1. The molecular formula is C16H28N2. The Bertz CT molecular complexity index is 373. The van der Waals surface area contributed by atoms with Gasteiger partial charge in [0.2, 0.25) is 0 Å². The zero-order valence-corrected chi connectivity index (χ0v) is 12.7. The van der Waals surface area contributed by atoms with Crippen molar-refractivity contribution in [3.8, 4) is 0 Å². The van der Waals surface area contributed by atoms with Gasteiger partial charge < -0.3 is 10.2 Å². The smallest absolute Gasteiger partial charge is 0.0328 e. The van der Waals surface area contributed by atoms with Gasteiger partial charge in [0.1, 0.15) is 0 Å². The van der Waals surface area contributed by atoms with E-state index in [9.17, 15) is 0 Å². The first kappa shape index (κ1) is 15.2. The standard InChI is InChI=1S/C16H28N2/c1-7-16(3,18(5)6)15(17-4)12-14-10-8-9-13(2)11-14/h8-11,15,17H,7,12H2,1-6H3. The Kier molecular flexibility index (Phi) is 5.36. The lowest BCUT2D eigenvalue weighted by molar-refractivity contribution is 0.116. The molecule has 0 saturated heterocycles. The lowest BCUT2D eigenvalue weighted by atomic mass is 9.84. The van der Waals surface area contributed by atoms with Crippen LogP contribution in [0.25, 0.3) is 0 Å². The van der Waals surface area contributed by atoms with Crippen LogP contribution < -0.4 is 5.32 Å². The Morgan fingerprint density at radius 2 is 2.00 bits per heavy atom. The van der Waals surface area contributed by atoms with E-state index in [4.69, 9.17) is 0 Å². The molecule has 2 heteroatoms. The number of likely N-dealkylation sites (N-methyl/N-ethyl adjacent to an activating group) is 2. The fourth-order valence-electron chi connectivity index (χ4n) is 2.58. The zero-order valence-electron chi connectivity index (χ0n) is 12.7. The third kappa shape index (κ3) is 3.33. The second-order valence-electron chi connectivity index (χ2n) is 5.64. The van der Waals surface area contributed by atoms with Gasteiger partial charge in [-0.05, 0) is 53.4 Å². The van der Waals surface area contributed by atoms with Crippen molar-refractivity contribution in [1.29, 1.82) is 0 Å². The third-order valence-corrected chi connectivity index (χ3v) is 4.36. The topological polar surface area (TPSA) is 15.3 Å². The Balaban J connectivity index is 2.90. The molecule has 0 amide bonds. The van der Waals surface area contributed by atoms with E-state index in [0.717, 1.165) is 12.8 Å². The molecule has 18 heavy (non-hydrogen) atoms. The van der Waals surface area contributed by atoms with Crippen molar-refractivity contribution in [3.05, 3.63) is 35.4 Å². The average Bonchev–Trinajstić information content (AvgIpc) is 2.34. The van der Waals surface area contributed by atoms with Gasteiger partial charge in [-0.2, -0.15) is 0 Å². The van der Waals surface area contributed by atoms with E-state index in [1.165, 1.54) is 11.1 Å². The van der Waals surface area contributed by atoms with E-state index in [-0.39, 0.29) is 5.54 Å². The number of benzene rings is 1. The van der Waals surface area contributed by atoms with Gasteiger partial charge in [0.05, 0.1) is 0 Å². The van der Waals surface area contributed by atoms with Gasteiger partial charge in [0.25, 0.3) is 0 Å². The summed E-state index contributed by atoms with van der Waals surface area (Å²) < 4.78 is 0. The predicted octanol–water partition coefficient (Wildman–Crippen LogP) is 2.86. The Labute approximate surface area is 112 Å². The van der Waals surface area contributed by atoms with Gasteiger partial charge in [0, 0.05) is 11.6 Å². The highest BCUT2D eigenvalue weighted by atomic mass is 15.2. The SMILES string of the molecule is CCC(C)(C(Cc1cccc(C)c1)NC)N(C)C. The third-order valence-electron chi connectivity index (χ3n) is 4.36. The molecule has 0 aliphatic rings. The molecule has 0 heterocycles. The molecule has 0 saturated carbocycles. The minimum absolute atomic E-state index is 0.179. The van der Waals surface area contributed by atoms with Crippen LogP contribution in [0.15, 0.2) is 24.3 Å². The quantitative estimate of drug-likeness (QED) is 0.833. The van der Waals surface area contributed by atoms with Gasteiger partial charge in [-0.15, -0.1) is 0 Å². The minimum Gasteiger partial charge on any atom is -0.315 e. The van der Waals surface area contributed by atoms with Crippen LogP contribution in [0.3, 0.4) is 0 Å². The van der Waals surface area contributed by atoms with Crippen LogP contribution in [0.4, 0.5) is 0 Å². The predicted molar refractivity (Wildman–Crippen MR) is 80.1 cm³/mol. The Hall–Kier alpha value is -0.860. The highest BCUT2D eigenvalue weighted by Crippen LogP contribution is 2.24. The second-order valence-corrected chi connectivity index (χ2v) is 5.64. The normalized spacial score (nSPS) is 16.6. The van der Waals surface area contributed by atoms with Gasteiger partial charge in [-0.3, -0.25) is 0 Å². The lowest BCUT2D eigenvalue weighted by Crippen LogP contribution is -2.56. The summed E-state index contributed by atoms with van der Waals surface area (Å²) >= 11 is 0. The number of hydrogen-bond acceptors (Lipinski definition) is 2. The lowest BCUT2D eigenvalue weighted by Gasteiger charge is -2.43. The summed E-state index contributed by atoms with van der Waals surface area (Å²) in [5, 5.41) is 3.50. The van der Waals surface area contributed by atoms with Crippen molar-refractivity contribution in [1.82, 2.24) is 10.2 Å². The first-order chi connectivity index (χ1) is 8.43. The zero-order chi connectivity index (χ0) is 13.8. The van der Waals surface area contributed by atoms with Gasteiger partial charge in [0.15, 0.2) is 0 Å². The van der Waals surface area contributed by atoms with Gasteiger partial charge in [-0.1, -0.05) is 36.8 Å². The van der Waals surface area contributed by atoms with Gasteiger partial charge >= 0.3 is 0 Å². The minimum atomic E-state index is 0.179. The molecule has 1 aromatic rings. The molecule has 0 bridgehead atoms. The number of aryl methyl sites for hydroxylation is 1. The Morgan fingerprint density at radius 3 is 2.44 bits per heavy atom. The van der Waals surface area contributed by atoms with E-state index in [1.807, 2.05) is 0 Å².